The molecule has 1 heterocycles. The fourth-order valence-corrected chi connectivity index (χ4v) is 3.31. The molecule has 1 aliphatic rings. The van der Waals surface area contributed by atoms with Gasteiger partial charge in [-0.1, -0.05) is 35.3 Å². The SMILES string of the molecule is Cc1cccc(NC(=O)C2CC(=O)N(c3cc(Cl)cc(Cl)c3)C2)c1. The number of halogens is 2. The third-order valence-corrected chi connectivity index (χ3v) is 4.38. The Morgan fingerprint density at radius 2 is 1.88 bits per heavy atom. The van der Waals surface area contributed by atoms with Crippen molar-refractivity contribution in [1.29, 1.82) is 0 Å². The highest BCUT2D eigenvalue weighted by Gasteiger charge is 2.35. The average molecular weight is 363 g/mol. The Labute approximate surface area is 150 Å². The summed E-state index contributed by atoms with van der Waals surface area (Å²) in [5.41, 5.74) is 2.41. The van der Waals surface area contributed by atoms with Gasteiger partial charge in [0.15, 0.2) is 0 Å². The van der Waals surface area contributed by atoms with Crippen LogP contribution in [0, 0.1) is 12.8 Å². The van der Waals surface area contributed by atoms with E-state index in [9.17, 15) is 9.59 Å². The predicted molar refractivity (Wildman–Crippen MR) is 96.7 cm³/mol. The van der Waals surface area contributed by atoms with E-state index in [1.54, 1.807) is 23.1 Å². The molecular weight excluding hydrogens is 347 g/mol. The van der Waals surface area contributed by atoms with E-state index in [1.807, 2.05) is 31.2 Å². The molecule has 1 aliphatic heterocycles. The highest BCUT2D eigenvalue weighted by atomic mass is 35.5. The third-order valence-electron chi connectivity index (χ3n) is 3.94. The van der Waals surface area contributed by atoms with Crippen LogP contribution < -0.4 is 10.2 Å². The molecule has 1 N–H and O–H groups in total. The first-order chi connectivity index (χ1) is 11.4. The Kier molecular flexibility index (Phi) is 4.78. The van der Waals surface area contributed by atoms with E-state index < -0.39 is 5.92 Å². The van der Waals surface area contributed by atoms with Crippen molar-refractivity contribution in [2.45, 2.75) is 13.3 Å². The van der Waals surface area contributed by atoms with Gasteiger partial charge in [0.2, 0.25) is 11.8 Å². The number of hydrogen-bond acceptors (Lipinski definition) is 2. The summed E-state index contributed by atoms with van der Waals surface area (Å²) in [6.45, 7) is 2.27. The zero-order valence-electron chi connectivity index (χ0n) is 13.1. The van der Waals surface area contributed by atoms with Crippen LogP contribution >= 0.6 is 23.2 Å². The molecule has 1 saturated heterocycles. The standard InChI is InChI=1S/C18H16Cl2N2O2/c1-11-3-2-4-15(5-11)21-18(24)12-6-17(23)22(10-12)16-8-13(19)7-14(20)9-16/h2-5,7-9,12H,6,10H2,1H3,(H,21,24). The molecule has 0 radical (unpaired) electrons. The quantitative estimate of drug-likeness (QED) is 0.884. The second kappa shape index (κ2) is 6.83. The van der Waals surface area contributed by atoms with E-state index in [2.05, 4.69) is 5.32 Å². The number of nitrogens with zero attached hydrogens (tertiary/aromatic N) is 1. The predicted octanol–water partition coefficient (Wildman–Crippen LogP) is 4.29. The van der Waals surface area contributed by atoms with Crippen LogP contribution in [0.15, 0.2) is 42.5 Å². The summed E-state index contributed by atoms with van der Waals surface area (Å²) < 4.78 is 0. The lowest BCUT2D eigenvalue weighted by Gasteiger charge is -2.17. The summed E-state index contributed by atoms with van der Waals surface area (Å²) in [7, 11) is 0. The van der Waals surface area contributed by atoms with Gasteiger partial charge in [-0.25, -0.2) is 0 Å². The number of aryl methyl sites for hydroxylation is 1. The zero-order chi connectivity index (χ0) is 17.3. The topological polar surface area (TPSA) is 49.4 Å². The second-order valence-electron chi connectivity index (χ2n) is 5.89. The van der Waals surface area contributed by atoms with Gasteiger partial charge in [0.1, 0.15) is 0 Å². The molecule has 0 spiro atoms. The fourth-order valence-electron chi connectivity index (χ4n) is 2.79. The van der Waals surface area contributed by atoms with Crippen molar-refractivity contribution < 1.29 is 9.59 Å². The van der Waals surface area contributed by atoms with Crippen LogP contribution in [0.3, 0.4) is 0 Å². The summed E-state index contributed by atoms with van der Waals surface area (Å²) >= 11 is 12.0. The number of rotatable bonds is 3. The molecule has 24 heavy (non-hydrogen) atoms. The molecule has 1 fully saturated rings. The maximum absolute atomic E-state index is 12.4. The van der Waals surface area contributed by atoms with Gasteiger partial charge in [-0.3, -0.25) is 9.59 Å². The van der Waals surface area contributed by atoms with Crippen molar-refractivity contribution in [3.05, 3.63) is 58.1 Å². The van der Waals surface area contributed by atoms with Gasteiger partial charge in [0.25, 0.3) is 0 Å². The normalized spacial score (nSPS) is 17.2. The lowest BCUT2D eigenvalue weighted by atomic mass is 10.1. The molecule has 0 bridgehead atoms. The molecular formula is C18H16Cl2N2O2. The Morgan fingerprint density at radius 1 is 1.17 bits per heavy atom. The lowest BCUT2D eigenvalue weighted by molar-refractivity contribution is -0.122. The number of carbonyl (C=O) groups excluding carboxylic acids is 2. The van der Waals surface area contributed by atoms with Gasteiger partial charge in [0, 0.05) is 34.4 Å². The minimum Gasteiger partial charge on any atom is -0.326 e. The maximum atomic E-state index is 12.4. The van der Waals surface area contributed by atoms with Crippen LogP contribution in [-0.2, 0) is 9.59 Å². The Hall–Kier alpha value is -2.04. The molecule has 0 aliphatic carbocycles. The molecule has 2 aromatic rings. The summed E-state index contributed by atoms with van der Waals surface area (Å²) in [5.74, 6) is -0.682. The van der Waals surface area contributed by atoms with Crippen LogP contribution in [0.5, 0.6) is 0 Å². The Morgan fingerprint density at radius 3 is 2.54 bits per heavy atom. The van der Waals surface area contributed by atoms with Crippen LogP contribution in [-0.4, -0.2) is 18.4 Å². The lowest BCUT2D eigenvalue weighted by Crippen LogP contribution is -2.28. The van der Waals surface area contributed by atoms with Gasteiger partial charge in [-0.2, -0.15) is 0 Å². The summed E-state index contributed by atoms with van der Waals surface area (Å²) in [5, 5.41) is 3.78. The summed E-state index contributed by atoms with van der Waals surface area (Å²) in [6, 6.07) is 12.5. The summed E-state index contributed by atoms with van der Waals surface area (Å²) in [4.78, 5) is 26.3. The molecule has 0 aromatic heterocycles. The highest BCUT2D eigenvalue weighted by molar-refractivity contribution is 6.35. The first kappa shape index (κ1) is 16.8. The molecule has 2 amide bonds. The second-order valence-corrected chi connectivity index (χ2v) is 6.76. The van der Waals surface area contributed by atoms with E-state index in [0.717, 1.165) is 11.3 Å². The molecule has 2 aromatic carbocycles. The van der Waals surface area contributed by atoms with Gasteiger partial charge in [0.05, 0.1) is 5.92 Å². The van der Waals surface area contributed by atoms with E-state index >= 15 is 0 Å². The minimum absolute atomic E-state index is 0.113. The van der Waals surface area contributed by atoms with Crippen LogP contribution in [0.4, 0.5) is 11.4 Å². The number of hydrogen-bond donors (Lipinski definition) is 1. The first-order valence-corrected chi connectivity index (χ1v) is 8.32. The molecule has 0 saturated carbocycles. The van der Waals surface area contributed by atoms with Gasteiger partial charge in [-0.05, 0) is 42.8 Å². The first-order valence-electron chi connectivity index (χ1n) is 7.56. The van der Waals surface area contributed by atoms with Gasteiger partial charge in [-0.15, -0.1) is 0 Å². The zero-order valence-corrected chi connectivity index (χ0v) is 14.6. The van der Waals surface area contributed by atoms with Crippen molar-refractivity contribution in [1.82, 2.24) is 0 Å². The van der Waals surface area contributed by atoms with Crippen molar-refractivity contribution >= 4 is 46.4 Å². The molecule has 1 unspecified atom stereocenters. The van der Waals surface area contributed by atoms with Crippen LogP contribution in [0.2, 0.25) is 10.0 Å². The van der Waals surface area contributed by atoms with E-state index in [4.69, 9.17) is 23.2 Å². The smallest absolute Gasteiger partial charge is 0.229 e. The van der Waals surface area contributed by atoms with Gasteiger partial charge < -0.3 is 10.2 Å². The van der Waals surface area contributed by atoms with Crippen molar-refractivity contribution in [2.75, 3.05) is 16.8 Å². The van der Waals surface area contributed by atoms with Crippen LogP contribution in [0.1, 0.15) is 12.0 Å². The highest BCUT2D eigenvalue weighted by Crippen LogP contribution is 2.30. The molecule has 124 valence electrons. The monoisotopic (exact) mass is 362 g/mol. The maximum Gasteiger partial charge on any atom is 0.229 e. The molecule has 3 rings (SSSR count). The van der Waals surface area contributed by atoms with Crippen molar-refractivity contribution in [3.63, 3.8) is 0 Å². The van der Waals surface area contributed by atoms with Crippen molar-refractivity contribution in [2.24, 2.45) is 5.92 Å². The largest absolute Gasteiger partial charge is 0.326 e. The van der Waals surface area contributed by atoms with E-state index in [1.165, 1.54) is 0 Å². The van der Waals surface area contributed by atoms with E-state index in [-0.39, 0.29) is 18.2 Å². The number of amides is 2. The molecule has 1 atom stereocenters. The van der Waals surface area contributed by atoms with Gasteiger partial charge >= 0.3 is 0 Å². The van der Waals surface area contributed by atoms with Crippen molar-refractivity contribution in [3.8, 4) is 0 Å². The molecule has 6 heteroatoms. The van der Waals surface area contributed by atoms with E-state index in [0.29, 0.717) is 22.3 Å². The Balaban J connectivity index is 1.73. The number of nitrogens with one attached hydrogen (secondary N) is 1. The Bertz CT molecular complexity index is 787. The number of carbonyl (C=O) groups is 2. The molecule has 4 nitrogen and oxygen atoms in total. The van der Waals surface area contributed by atoms with Crippen LogP contribution in [0.25, 0.3) is 0 Å². The number of anilines is 2. The number of benzene rings is 2. The fraction of sp³-hybridized carbons (Fsp3) is 0.222. The third kappa shape index (κ3) is 3.71. The average Bonchev–Trinajstić information content (AvgIpc) is 2.88. The minimum atomic E-state index is -0.407. The summed E-state index contributed by atoms with van der Waals surface area (Å²) in [6.07, 6.45) is 0.168.